The summed E-state index contributed by atoms with van der Waals surface area (Å²) in [5, 5.41) is 8.61. The first-order chi connectivity index (χ1) is 6.79. The highest BCUT2D eigenvalue weighted by Gasteiger charge is 2.17. The summed E-state index contributed by atoms with van der Waals surface area (Å²) >= 11 is 0. The Morgan fingerprint density at radius 2 is 2.13 bits per heavy atom. The Balaban J connectivity index is 3.17. The number of rotatable bonds is 2. The quantitative estimate of drug-likeness (QED) is 0.752. The van der Waals surface area contributed by atoms with Crippen molar-refractivity contribution in [1.82, 2.24) is 9.97 Å². The van der Waals surface area contributed by atoms with Crippen molar-refractivity contribution in [3.63, 3.8) is 0 Å². The highest BCUT2D eigenvalue weighted by Crippen LogP contribution is 2.18. The number of aromatic nitrogens is 2. The molecule has 0 aliphatic rings. The molecule has 1 rings (SSSR count). The van der Waals surface area contributed by atoms with Gasteiger partial charge in [0.25, 0.3) is 0 Å². The zero-order valence-corrected chi connectivity index (χ0v) is 9.00. The van der Waals surface area contributed by atoms with Gasteiger partial charge in [0.05, 0.1) is 12.1 Å². The summed E-state index contributed by atoms with van der Waals surface area (Å²) in [4.78, 5) is 27.9. The van der Waals surface area contributed by atoms with E-state index < -0.39 is 11.7 Å². The maximum atomic E-state index is 11.2. The second kappa shape index (κ2) is 3.84. The van der Waals surface area contributed by atoms with Crippen molar-refractivity contribution < 1.29 is 9.90 Å². The third kappa shape index (κ3) is 3.19. The van der Waals surface area contributed by atoms with Crippen molar-refractivity contribution in [2.24, 2.45) is 0 Å². The van der Waals surface area contributed by atoms with E-state index in [4.69, 9.17) is 5.11 Å². The van der Waals surface area contributed by atoms with Crippen LogP contribution < -0.4 is 5.69 Å². The molecule has 0 aromatic carbocycles. The minimum atomic E-state index is -0.975. The lowest BCUT2D eigenvalue weighted by Crippen LogP contribution is -2.23. The molecule has 0 saturated carbocycles. The maximum absolute atomic E-state index is 11.2. The van der Waals surface area contributed by atoms with Gasteiger partial charge in [-0.1, -0.05) is 20.8 Å². The average Bonchev–Trinajstić information content (AvgIpc) is 1.99. The summed E-state index contributed by atoms with van der Waals surface area (Å²) in [5.41, 5.74) is 0.218. The largest absolute Gasteiger partial charge is 0.481 e. The van der Waals surface area contributed by atoms with E-state index in [1.807, 2.05) is 20.8 Å². The van der Waals surface area contributed by atoms with Crippen molar-refractivity contribution in [3.05, 3.63) is 27.9 Å². The van der Waals surface area contributed by atoms with Gasteiger partial charge in [-0.3, -0.25) is 4.79 Å². The van der Waals surface area contributed by atoms with Crippen LogP contribution in [-0.2, 0) is 16.6 Å². The Labute approximate surface area is 87.2 Å². The van der Waals surface area contributed by atoms with E-state index in [1.54, 1.807) is 6.07 Å². The average molecular weight is 210 g/mol. The van der Waals surface area contributed by atoms with Crippen LogP contribution in [0, 0.1) is 0 Å². The molecule has 0 saturated heterocycles. The Morgan fingerprint density at radius 3 is 2.60 bits per heavy atom. The SMILES string of the molecule is CC(C)(C)c1cc(CC(=O)O)[nH]c(=O)n1. The van der Waals surface area contributed by atoms with Gasteiger partial charge in [0.2, 0.25) is 0 Å². The van der Waals surface area contributed by atoms with Crippen LogP contribution in [0.3, 0.4) is 0 Å². The molecule has 2 N–H and O–H groups in total. The van der Waals surface area contributed by atoms with Crippen LogP contribution >= 0.6 is 0 Å². The van der Waals surface area contributed by atoms with E-state index in [0.717, 1.165) is 0 Å². The van der Waals surface area contributed by atoms with Gasteiger partial charge in [-0.15, -0.1) is 0 Å². The van der Waals surface area contributed by atoms with E-state index in [2.05, 4.69) is 9.97 Å². The molecule has 0 bridgehead atoms. The van der Waals surface area contributed by atoms with E-state index >= 15 is 0 Å². The van der Waals surface area contributed by atoms with Crippen molar-refractivity contribution in [2.75, 3.05) is 0 Å². The standard InChI is InChI=1S/C10H14N2O3/c1-10(2,3)7-4-6(5-8(13)14)11-9(15)12-7/h4H,5H2,1-3H3,(H,13,14)(H,11,12,15). The van der Waals surface area contributed by atoms with Crippen LogP contribution in [0.2, 0.25) is 0 Å². The van der Waals surface area contributed by atoms with Gasteiger partial charge in [0.15, 0.2) is 0 Å². The van der Waals surface area contributed by atoms with Gasteiger partial charge in [-0.05, 0) is 6.07 Å². The second-order valence-corrected chi connectivity index (χ2v) is 4.42. The Kier molecular flexibility index (Phi) is 2.93. The van der Waals surface area contributed by atoms with Crippen LogP contribution in [0.15, 0.2) is 10.9 Å². The van der Waals surface area contributed by atoms with E-state index in [-0.39, 0.29) is 11.8 Å². The monoisotopic (exact) mass is 210 g/mol. The number of aliphatic carboxylic acids is 1. The number of hydrogen-bond acceptors (Lipinski definition) is 3. The lowest BCUT2D eigenvalue weighted by atomic mass is 9.91. The minimum absolute atomic E-state index is 0.194. The number of aromatic amines is 1. The second-order valence-electron chi connectivity index (χ2n) is 4.42. The highest BCUT2D eigenvalue weighted by atomic mass is 16.4. The predicted octanol–water partition coefficient (Wildman–Crippen LogP) is 0.694. The van der Waals surface area contributed by atoms with Crippen molar-refractivity contribution in [2.45, 2.75) is 32.6 Å². The predicted molar refractivity (Wildman–Crippen MR) is 54.9 cm³/mol. The molecule has 5 nitrogen and oxygen atoms in total. The van der Waals surface area contributed by atoms with Gasteiger partial charge in [0.1, 0.15) is 0 Å². The lowest BCUT2D eigenvalue weighted by Gasteiger charge is -2.17. The van der Waals surface area contributed by atoms with Crippen molar-refractivity contribution in [3.8, 4) is 0 Å². The molecule has 0 atom stereocenters. The number of nitrogens with one attached hydrogen (secondary N) is 1. The number of carboxylic acids is 1. The molecular weight excluding hydrogens is 196 g/mol. The van der Waals surface area contributed by atoms with Gasteiger partial charge < -0.3 is 10.1 Å². The van der Waals surface area contributed by atoms with E-state index in [9.17, 15) is 9.59 Å². The molecule has 0 spiro atoms. The molecule has 1 aromatic heterocycles. The highest BCUT2D eigenvalue weighted by molar-refractivity contribution is 5.69. The summed E-state index contributed by atoms with van der Waals surface area (Å²) < 4.78 is 0. The molecule has 0 aliphatic heterocycles. The molecule has 5 heteroatoms. The van der Waals surface area contributed by atoms with Crippen LogP contribution in [-0.4, -0.2) is 21.0 Å². The number of carboxylic acid groups (broad SMARTS) is 1. The van der Waals surface area contributed by atoms with Crippen LogP contribution in [0.25, 0.3) is 0 Å². The summed E-state index contributed by atoms with van der Waals surface area (Å²) in [7, 11) is 0. The Morgan fingerprint density at radius 1 is 1.53 bits per heavy atom. The first-order valence-electron chi connectivity index (χ1n) is 4.61. The Bertz CT molecular complexity index is 429. The van der Waals surface area contributed by atoms with Gasteiger partial charge in [-0.2, -0.15) is 4.98 Å². The molecular formula is C10H14N2O3. The summed E-state index contributed by atoms with van der Waals surface area (Å²) in [5.74, 6) is -0.975. The number of H-pyrrole nitrogens is 1. The fraction of sp³-hybridized carbons (Fsp3) is 0.500. The lowest BCUT2D eigenvalue weighted by molar-refractivity contribution is -0.136. The van der Waals surface area contributed by atoms with Crippen molar-refractivity contribution in [1.29, 1.82) is 0 Å². The van der Waals surface area contributed by atoms with Crippen molar-refractivity contribution >= 4 is 5.97 Å². The number of hydrogen-bond donors (Lipinski definition) is 2. The summed E-state index contributed by atoms with van der Waals surface area (Å²) in [6, 6.07) is 1.62. The number of carbonyl (C=O) groups is 1. The van der Waals surface area contributed by atoms with E-state index in [1.165, 1.54) is 0 Å². The van der Waals surface area contributed by atoms with Crippen LogP contribution in [0.5, 0.6) is 0 Å². The Hall–Kier alpha value is -1.65. The molecule has 0 fully saturated rings. The van der Waals surface area contributed by atoms with E-state index in [0.29, 0.717) is 11.4 Å². The van der Waals surface area contributed by atoms with Gasteiger partial charge in [0, 0.05) is 11.1 Å². The molecule has 1 heterocycles. The topological polar surface area (TPSA) is 83.0 Å². The summed E-state index contributed by atoms with van der Waals surface area (Å²) in [6.07, 6.45) is -0.194. The molecule has 15 heavy (non-hydrogen) atoms. The molecule has 0 unspecified atom stereocenters. The molecule has 82 valence electrons. The maximum Gasteiger partial charge on any atom is 0.345 e. The fourth-order valence-electron chi connectivity index (χ4n) is 1.15. The normalized spacial score (nSPS) is 11.4. The van der Waals surface area contributed by atoms with Crippen LogP contribution in [0.4, 0.5) is 0 Å². The molecule has 0 aliphatic carbocycles. The zero-order valence-electron chi connectivity index (χ0n) is 9.00. The first-order valence-corrected chi connectivity index (χ1v) is 4.61. The first kappa shape index (κ1) is 11.4. The summed E-state index contributed by atoms with van der Waals surface area (Å²) in [6.45, 7) is 5.75. The molecule has 0 amide bonds. The van der Waals surface area contributed by atoms with Gasteiger partial charge in [-0.25, -0.2) is 4.79 Å². The third-order valence-corrected chi connectivity index (χ3v) is 1.91. The van der Waals surface area contributed by atoms with Gasteiger partial charge >= 0.3 is 11.7 Å². The van der Waals surface area contributed by atoms with Crippen LogP contribution in [0.1, 0.15) is 32.2 Å². The molecule has 0 radical (unpaired) electrons. The fourth-order valence-corrected chi connectivity index (χ4v) is 1.15. The minimum Gasteiger partial charge on any atom is -0.481 e. The zero-order chi connectivity index (χ0) is 11.6. The molecule has 1 aromatic rings. The third-order valence-electron chi connectivity index (χ3n) is 1.91. The smallest absolute Gasteiger partial charge is 0.345 e. The number of nitrogens with zero attached hydrogens (tertiary/aromatic N) is 1.